The number of benzene rings is 1. The van der Waals surface area contributed by atoms with Gasteiger partial charge in [-0.3, -0.25) is 4.90 Å². The molecule has 1 aromatic rings. The molecule has 0 atom stereocenters. The molecule has 1 fully saturated rings. The van der Waals surface area contributed by atoms with Gasteiger partial charge in [0.05, 0.1) is 12.6 Å². The van der Waals surface area contributed by atoms with Gasteiger partial charge in [0.1, 0.15) is 0 Å². The maximum absolute atomic E-state index is 8.65. The second-order valence-electron chi connectivity index (χ2n) is 4.62. The second-order valence-corrected chi connectivity index (χ2v) is 4.62. The van der Waals surface area contributed by atoms with E-state index in [1.54, 1.807) is 0 Å². The summed E-state index contributed by atoms with van der Waals surface area (Å²) in [6.07, 6.45) is 2.37. The first-order valence-corrected chi connectivity index (χ1v) is 5.95. The van der Waals surface area contributed by atoms with Crippen molar-refractivity contribution in [3.05, 3.63) is 35.4 Å². The number of nitriles is 1. The summed E-state index contributed by atoms with van der Waals surface area (Å²) in [6.45, 7) is 4.85. The van der Waals surface area contributed by atoms with Crippen LogP contribution in [-0.2, 0) is 0 Å². The Bertz CT molecular complexity index is 384. The molecule has 1 aliphatic heterocycles. The number of hydrogen-bond donors (Lipinski definition) is 0. The van der Waals surface area contributed by atoms with Crippen molar-refractivity contribution in [2.45, 2.75) is 25.7 Å². The van der Waals surface area contributed by atoms with Gasteiger partial charge in [0.15, 0.2) is 0 Å². The van der Waals surface area contributed by atoms with Crippen molar-refractivity contribution in [1.29, 1.82) is 5.26 Å². The van der Waals surface area contributed by atoms with E-state index in [1.807, 2.05) is 0 Å². The van der Waals surface area contributed by atoms with E-state index in [0.29, 0.717) is 12.5 Å². The number of rotatable bonds is 2. The maximum Gasteiger partial charge on any atom is 0.0865 e. The zero-order valence-corrected chi connectivity index (χ0v) is 9.82. The van der Waals surface area contributed by atoms with E-state index in [2.05, 4.69) is 42.2 Å². The van der Waals surface area contributed by atoms with Gasteiger partial charge in [-0.2, -0.15) is 5.26 Å². The van der Waals surface area contributed by atoms with Gasteiger partial charge in [-0.25, -0.2) is 0 Å². The Kier molecular flexibility index (Phi) is 3.58. The molecule has 0 unspecified atom stereocenters. The van der Waals surface area contributed by atoms with Crippen molar-refractivity contribution in [3.63, 3.8) is 0 Å². The topological polar surface area (TPSA) is 27.0 Å². The standard InChI is InChI=1S/C14H18N2/c1-12-3-2-4-14(11-12)13-5-8-16(9-6-13)10-7-15/h2-4,11,13H,5-6,8-10H2,1H3. The van der Waals surface area contributed by atoms with Gasteiger partial charge in [0.2, 0.25) is 0 Å². The SMILES string of the molecule is Cc1cccc(C2CCN(CC#N)CC2)c1. The highest BCUT2D eigenvalue weighted by molar-refractivity contribution is 5.25. The molecular formula is C14H18N2. The van der Waals surface area contributed by atoms with E-state index >= 15 is 0 Å². The minimum atomic E-state index is 0.584. The van der Waals surface area contributed by atoms with E-state index in [9.17, 15) is 0 Å². The van der Waals surface area contributed by atoms with E-state index in [0.717, 1.165) is 13.1 Å². The minimum absolute atomic E-state index is 0.584. The van der Waals surface area contributed by atoms with Crippen molar-refractivity contribution < 1.29 is 0 Å². The van der Waals surface area contributed by atoms with Crippen LogP contribution in [-0.4, -0.2) is 24.5 Å². The molecule has 0 aliphatic carbocycles. The quantitative estimate of drug-likeness (QED) is 0.708. The summed E-state index contributed by atoms with van der Waals surface area (Å²) in [5.74, 6) is 0.690. The predicted molar refractivity (Wildman–Crippen MR) is 65.2 cm³/mol. The molecule has 0 N–H and O–H groups in total. The van der Waals surface area contributed by atoms with Gasteiger partial charge in [0.25, 0.3) is 0 Å². The molecule has 0 bridgehead atoms. The predicted octanol–water partition coefficient (Wildman–Crippen LogP) is 2.70. The fraction of sp³-hybridized carbons (Fsp3) is 0.500. The van der Waals surface area contributed by atoms with Gasteiger partial charge in [-0.15, -0.1) is 0 Å². The van der Waals surface area contributed by atoms with Crippen molar-refractivity contribution in [3.8, 4) is 6.07 Å². The van der Waals surface area contributed by atoms with Gasteiger partial charge < -0.3 is 0 Å². The lowest BCUT2D eigenvalue weighted by Crippen LogP contribution is -2.33. The van der Waals surface area contributed by atoms with Gasteiger partial charge in [-0.1, -0.05) is 29.8 Å². The molecule has 0 aromatic heterocycles. The first kappa shape index (κ1) is 11.2. The lowest BCUT2D eigenvalue weighted by molar-refractivity contribution is 0.235. The number of piperidine rings is 1. The van der Waals surface area contributed by atoms with Crippen molar-refractivity contribution in [2.75, 3.05) is 19.6 Å². The van der Waals surface area contributed by atoms with E-state index < -0.39 is 0 Å². The molecule has 0 radical (unpaired) electrons. The molecule has 0 amide bonds. The smallest absolute Gasteiger partial charge is 0.0865 e. The fourth-order valence-corrected chi connectivity index (χ4v) is 2.45. The van der Waals surface area contributed by atoms with Crippen LogP contribution in [0.5, 0.6) is 0 Å². The highest BCUT2D eigenvalue weighted by Crippen LogP contribution is 2.28. The van der Waals surface area contributed by atoms with Crippen LogP contribution in [0.25, 0.3) is 0 Å². The molecule has 16 heavy (non-hydrogen) atoms. The Morgan fingerprint density at radius 2 is 2.12 bits per heavy atom. The normalized spacial score (nSPS) is 18.2. The monoisotopic (exact) mass is 214 g/mol. The zero-order valence-electron chi connectivity index (χ0n) is 9.82. The summed E-state index contributed by atoms with van der Waals surface area (Å²) in [7, 11) is 0. The van der Waals surface area contributed by atoms with Crippen LogP contribution in [0.2, 0.25) is 0 Å². The van der Waals surface area contributed by atoms with Gasteiger partial charge in [-0.05, 0) is 44.3 Å². The zero-order chi connectivity index (χ0) is 11.4. The molecule has 1 saturated heterocycles. The van der Waals surface area contributed by atoms with Crippen LogP contribution in [0.3, 0.4) is 0 Å². The maximum atomic E-state index is 8.65. The van der Waals surface area contributed by atoms with Crippen LogP contribution in [0.4, 0.5) is 0 Å². The lowest BCUT2D eigenvalue weighted by Gasteiger charge is -2.30. The van der Waals surface area contributed by atoms with Crippen LogP contribution in [0.1, 0.15) is 29.9 Å². The first-order valence-electron chi connectivity index (χ1n) is 5.95. The average molecular weight is 214 g/mol. The lowest BCUT2D eigenvalue weighted by atomic mass is 9.89. The number of likely N-dealkylation sites (tertiary alicyclic amines) is 1. The van der Waals surface area contributed by atoms with Crippen molar-refractivity contribution in [2.24, 2.45) is 0 Å². The molecule has 1 heterocycles. The van der Waals surface area contributed by atoms with Crippen LogP contribution in [0.15, 0.2) is 24.3 Å². The Balaban J connectivity index is 1.97. The van der Waals surface area contributed by atoms with E-state index in [1.165, 1.54) is 24.0 Å². The summed E-state index contributed by atoms with van der Waals surface area (Å²) in [4.78, 5) is 2.24. The summed E-state index contributed by atoms with van der Waals surface area (Å²) in [6, 6.07) is 11.0. The minimum Gasteiger partial charge on any atom is -0.291 e. The largest absolute Gasteiger partial charge is 0.291 e. The van der Waals surface area contributed by atoms with Gasteiger partial charge >= 0.3 is 0 Å². The Morgan fingerprint density at radius 1 is 1.38 bits per heavy atom. The van der Waals surface area contributed by atoms with Crippen molar-refractivity contribution >= 4 is 0 Å². The van der Waals surface area contributed by atoms with Crippen LogP contribution < -0.4 is 0 Å². The number of hydrogen-bond acceptors (Lipinski definition) is 2. The number of aryl methyl sites for hydroxylation is 1. The third kappa shape index (κ3) is 2.62. The fourth-order valence-electron chi connectivity index (χ4n) is 2.45. The summed E-state index contributed by atoms with van der Waals surface area (Å²) < 4.78 is 0. The van der Waals surface area contributed by atoms with E-state index in [-0.39, 0.29) is 0 Å². The number of nitrogens with zero attached hydrogens (tertiary/aromatic N) is 2. The highest BCUT2D eigenvalue weighted by atomic mass is 15.1. The summed E-state index contributed by atoms with van der Waals surface area (Å²) in [5, 5.41) is 8.65. The van der Waals surface area contributed by atoms with Crippen molar-refractivity contribution in [1.82, 2.24) is 4.90 Å². The van der Waals surface area contributed by atoms with Crippen LogP contribution >= 0.6 is 0 Å². The second kappa shape index (κ2) is 5.14. The molecule has 2 rings (SSSR count). The molecule has 2 heteroatoms. The molecule has 84 valence electrons. The third-order valence-electron chi connectivity index (χ3n) is 3.40. The summed E-state index contributed by atoms with van der Waals surface area (Å²) >= 11 is 0. The van der Waals surface area contributed by atoms with E-state index in [4.69, 9.17) is 5.26 Å². The Morgan fingerprint density at radius 3 is 2.75 bits per heavy atom. The first-order chi connectivity index (χ1) is 7.79. The highest BCUT2D eigenvalue weighted by Gasteiger charge is 2.19. The molecule has 1 aliphatic rings. The van der Waals surface area contributed by atoms with Gasteiger partial charge in [0, 0.05) is 0 Å². The van der Waals surface area contributed by atoms with Crippen LogP contribution in [0, 0.1) is 18.3 Å². The Labute approximate surface area is 97.5 Å². The molecule has 0 saturated carbocycles. The molecule has 2 nitrogen and oxygen atoms in total. The third-order valence-corrected chi connectivity index (χ3v) is 3.40. The molecular weight excluding hydrogens is 196 g/mol. The Hall–Kier alpha value is -1.33. The molecule has 1 aromatic carbocycles. The molecule has 0 spiro atoms. The summed E-state index contributed by atoms with van der Waals surface area (Å²) in [5.41, 5.74) is 2.81. The average Bonchev–Trinajstić information content (AvgIpc) is 2.30.